The van der Waals surface area contributed by atoms with Crippen molar-refractivity contribution in [2.75, 3.05) is 41.0 Å². The predicted octanol–water partition coefficient (Wildman–Crippen LogP) is 1.18. The number of anilines is 3. The quantitative estimate of drug-likeness (QED) is 0.0341. The van der Waals surface area contributed by atoms with Crippen LogP contribution in [-0.4, -0.2) is 111 Å². The molecule has 0 saturated carbocycles. The monoisotopic (exact) mass is 1030 g/mol. The van der Waals surface area contributed by atoms with Crippen molar-refractivity contribution in [1.29, 1.82) is 0 Å². The molecule has 380 valence electrons. The average molecular weight is 1030 g/mol. The van der Waals surface area contributed by atoms with E-state index < -0.39 is 76.6 Å². The smallest absolute Gasteiger partial charge is 0.333 e. The molecule has 0 aromatic heterocycles. The van der Waals surface area contributed by atoms with E-state index in [1.54, 1.807) is 60.7 Å². The molecule has 2 heterocycles. The number of nitrogens with zero attached hydrogens (tertiary/aromatic N) is 1. The molecule has 0 radical (unpaired) electrons. The topological polar surface area (TPSA) is 385 Å². The van der Waals surface area contributed by atoms with Crippen LogP contribution in [0.4, 0.5) is 21.5 Å². The molecule has 3 aromatic carbocycles. The lowest BCUT2D eigenvalue weighted by Gasteiger charge is -2.12. The summed E-state index contributed by atoms with van der Waals surface area (Å²) in [5.41, 5.74) is 9.76. The number of benzene rings is 3. The van der Waals surface area contributed by atoms with E-state index in [9.17, 15) is 69.0 Å². The highest BCUT2D eigenvalue weighted by Crippen LogP contribution is 2.14. The van der Waals surface area contributed by atoms with E-state index in [0.717, 1.165) is 23.1 Å². The first kappa shape index (κ1) is 58.6. The van der Waals surface area contributed by atoms with Gasteiger partial charge in [0.2, 0.25) is 11.8 Å². The van der Waals surface area contributed by atoms with Crippen LogP contribution >= 0.6 is 0 Å². The third-order valence-corrected chi connectivity index (χ3v) is 9.66. The van der Waals surface area contributed by atoms with Crippen LogP contribution in [0.2, 0.25) is 0 Å². The van der Waals surface area contributed by atoms with Crippen molar-refractivity contribution in [3.63, 3.8) is 0 Å². The number of carbonyl (C=O) groups is 8. The largest absolute Gasteiger partial charge is 0.755 e. The Hall–Kier alpha value is -6.56. The summed E-state index contributed by atoms with van der Waals surface area (Å²) >= 11 is -6.98. The van der Waals surface area contributed by atoms with E-state index in [0.29, 0.717) is 54.6 Å². The Morgan fingerprint density at radius 2 is 1.00 bits per heavy atom. The summed E-state index contributed by atoms with van der Waals surface area (Å²) in [5.74, 6) is -4.43. The van der Waals surface area contributed by atoms with Gasteiger partial charge in [0.25, 0.3) is 11.8 Å². The zero-order valence-corrected chi connectivity index (χ0v) is 39.1. The zero-order chi connectivity index (χ0) is 52.4. The molecule has 28 heteroatoms. The highest BCUT2D eigenvalue weighted by Gasteiger charge is 2.32. The number of hydroxylamine groups is 2. The lowest BCUT2D eigenvalue weighted by atomic mass is 10.1. The van der Waals surface area contributed by atoms with Crippen molar-refractivity contribution in [3.05, 3.63) is 89.5 Å². The van der Waals surface area contributed by atoms with Crippen LogP contribution in [0.25, 0.3) is 0 Å². The number of halogens is 1. The summed E-state index contributed by atoms with van der Waals surface area (Å²) in [7, 11) is -1.00. The third-order valence-electron chi connectivity index (χ3n) is 8.45. The number of nitrogens with one attached hydrogen (secondary N) is 5. The van der Waals surface area contributed by atoms with Gasteiger partial charge in [-0.3, -0.25) is 50.6 Å². The summed E-state index contributed by atoms with van der Waals surface area (Å²) in [5, 5.41) is 14.1. The van der Waals surface area contributed by atoms with E-state index >= 15 is 0 Å². The maximum atomic E-state index is 11.7. The van der Waals surface area contributed by atoms with Gasteiger partial charge in [-0.15, -0.1) is 5.06 Å². The van der Waals surface area contributed by atoms with Gasteiger partial charge in [0.1, 0.15) is 0 Å². The SMILES string of the molecule is NCCc1ccc(NS(=O)[O-])cc1.O=C(CCC(=O)ON1C(=O)CCC1=O)NCCc1ccc(NS(=O)[O-])cc1.O=C(O)CCC(=O)NCCc1ccc(NS(=O)[O-])cc1.O=C1CCC(=O)O1.[2H]CF. The van der Waals surface area contributed by atoms with Crippen molar-refractivity contribution in [1.82, 2.24) is 15.7 Å². The number of ether oxygens (including phenoxy) is 1. The number of hydrogen-bond donors (Lipinski definition) is 7. The van der Waals surface area contributed by atoms with Gasteiger partial charge < -0.3 is 58.9 Å². The number of carboxylic acids is 1. The van der Waals surface area contributed by atoms with Crippen LogP contribution in [0.5, 0.6) is 0 Å². The summed E-state index contributed by atoms with van der Waals surface area (Å²) < 4.78 is 88.6. The minimum atomic E-state index is -2.38. The van der Waals surface area contributed by atoms with Crippen LogP contribution in [0.15, 0.2) is 72.8 Å². The molecule has 3 atom stereocenters. The number of carboxylic acid groups (broad SMARTS) is 1. The Labute approximate surface area is 404 Å². The summed E-state index contributed by atoms with van der Waals surface area (Å²) in [6.45, 7) is 1.33. The molecular weight excluding hydrogens is 978 g/mol. The number of rotatable bonds is 21. The Balaban J connectivity index is 0.000000497. The Bertz CT molecular complexity index is 2220. The Morgan fingerprint density at radius 1 is 0.652 bits per heavy atom. The fraction of sp³-hybridized carbons (Fsp3) is 0.366. The van der Waals surface area contributed by atoms with Gasteiger partial charge in [-0.25, -0.2) is 4.79 Å². The standard InChI is InChI=1S/C16H19N3O7S.C12H16N2O5S.C8H12N2O2S.C4H4O3.CH3F/c20-13(5-8-16(23)26-19-14(21)6-7-15(19)22)17-10-9-11-1-3-12(4-2-11)18-27(24)25;15-11(5-6-12(16)17)13-8-7-9-1-3-10(4-2-9)14-20(18)19;9-6-5-7-1-3-8(4-2-7)10-13(11)12;5-3-1-2-4(6)7-3;1-2/h1-4,18H,5-10H2,(H,17,20)(H,24,25);1-4,14H,5-8H2,(H,13,15)(H,16,17)(H,18,19);1-4,10H,5-6,9H2,(H,11,12);1-2H2;1H3/p-3/i;;;;1D. The molecule has 3 aromatic rings. The van der Waals surface area contributed by atoms with Crippen molar-refractivity contribution in [2.24, 2.45) is 5.73 Å². The van der Waals surface area contributed by atoms with Gasteiger partial charge in [0.05, 0.1) is 34.2 Å². The average Bonchev–Trinajstić information content (AvgIpc) is 3.84. The maximum Gasteiger partial charge on any atom is 0.333 e. The first-order valence-electron chi connectivity index (χ1n) is 20.9. The summed E-state index contributed by atoms with van der Waals surface area (Å²) in [4.78, 5) is 92.2. The number of hydrogen-bond acceptors (Lipinski definition) is 17. The zero-order valence-electron chi connectivity index (χ0n) is 37.6. The van der Waals surface area contributed by atoms with E-state index in [4.69, 9.17) is 12.2 Å². The van der Waals surface area contributed by atoms with Crippen molar-refractivity contribution in [2.45, 2.75) is 70.6 Å². The van der Waals surface area contributed by atoms with E-state index in [2.05, 4.69) is 34.4 Å². The normalized spacial score (nSPS) is 13.8. The second kappa shape index (κ2) is 34.7. The lowest BCUT2D eigenvalue weighted by Crippen LogP contribution is -2.32. The lowest BCUT2D eigenvalue weighted by molar-refractivity contribution is -0.197. The first-order chi connectivity index (χ1) is 33.2. The number of cyclic esters (lactones) is 2. The molecule has 0 spiro atoms. The van der Waals surface area contributed by atoms with Crippen LogP contribution < -0.4 is 30.5 Å². The van der Waals surface area contributed by atoms with Gasteiger partial charge in [-0.05, 0) is 78.9 Å². The molecule has 0 aliphatic carbocycles. The molecule has 8 N–H and O–H groups in total. The molecule has 2 aliphatic heterocycles. The summed E-state index contributed by atoms with van der Waals surface area (Å²) in [6.07, 6.45) is 1.86. The molecule has 3 unspecified atom stereocenters. The number of alkyl halides is 1. The molecular formula is C41H51FN7O17S3-3. The number of nitrogens with two attached hydrogens (primary N) is 1. The van der Waals surface area contributed by atoms with Crippen molar-refractivity contribution >= 4 is 98.4 Å². The maximum absolute atomic E-state index is 11.7. The second-order valence-electron chi connectivity index (χ2n) is 13.6. The van der Waals surface area contributed by atoms with Crippen LogP contribution in [0, 0.1) is 0 Å². The number of aliphatic carboxylic acids is 1. The minimum absolute atomic E-state index is 0.0123. The van der Waals surface area contributed by atoms with E-state index in [1.165, 1.54) is 0 Å². The molecule has 24 nitrogen and oxygen atoms in total. The molecule has 2 saturated heterocycles. The fourth-order valence-electron chi connectivity index (χ4n) is 5.22. The number of carbonyl (C=O) groups excluding carboxylic acids is 7. The van der Waals surface area contributed by atoms with Crippen molar-refractivity contribution in [3.8, 4) is 0 Å². The Morgan fingerprint density at radius 3 is 1.30 bits per heavy atom. The van der Waals surface area contributed by atoms with E-state index in [-0.39, 0.29) is 63.2 Å². The van der Waals surface area contributed by atoms with Gasteiger partial charge in [-0.2, -0.15) is 0 Å². The van der Waals surface area contributed by atoms with Gasteiger partial charge >= 0.3 is 23.9 Å². The first-order valence-corrected chi connectivity index (χ1v) is 23.4. The minimum Gasteiger partial charge on any atom is -0.755 e. The van der Waals surface area contributed by atoms with Crippen molar-refractivity contribution < 1.29 is 85.1 Å². The van der Waals surface area contributed by atoms with Gasteiger partial charge in [-0.1, -0.05) is 36.4 Å². The van der Waals surface area contributed by atoms with Crippen LogP contribution in [0.1, 0.15) is 69.4 Å². The fourth-order valence-corrected chi connectivity index (χ4v) is 6.20. The molecule has 4 amide bonds. The predicted molar refractivity (Wildman–Crippen MR) is 244 cm³/mol. The van der Waals surface area contributed by atoms with Crippen LogP contribution in [-0.2, 0) is 101 Å². The molecule has 0 bridgehead atoms. The molecule has 2 aliphatic rings. The number of imide groups is 1. The molecule has 2 fully saturated rings. The Kier molecular flexibility index (Phi) is 29.4. The van der Waals surface area contributed by atoms with Gasteiger partial charge in [0, 0.05) is 89.6 Å². The highest BCUT2D eigenvalue weighted by atomic mass is 32.2. The number of esters is 2. The number of amides is 4. The molecule has 69 heavy (non-hydrogen) atoms. The molecule has 5 rings (SSSR count). The van der Waals surface area contributed by atoms with Gasteiger partial charge in [0.15, 0.2) is 0 Å². The van der Waals surface area contributed by atoms with E-state index in [1.807, 2.05) is 12.1 Å². The summed E-state index contributed by atoms with van der Waals surface area (Å²) in [6, 6.07) is 20.5. The second-order valence-corrected chi connectivity index (χ2v) is 15.6. The third kappa shape index (κ3) is 29.1. The van der Waals surface area contributed by atoms with Crippen LogP contribution in [0.3, 0.4) is 0 Å². The highest BCUT2D eigenvalue weighted by molar-refractivity contribution is 7.81.